The Morgan fingerprint density at radius 1 is 1.08 bits per heavy atom. The summed E-state index contributed by atoms with van der Waals surface area (Å²) in [5.41, 5.74) is 1.28. The number of nitrogens with one attached hydrogen (secondary N) is 1. The number of carbonyl (C=O) groups is 2. The van der Waals surface area contributed by atoms with E-state index in [2.05, 4.69) is 5.32 Å². The Labute approximate surface area is 155 Å². The lowest BCUT2D eigenvalue weighted by molar-refractivity contribution is -0.119. The van der Waals surface area contributed by atoms with Crippen LogP contribution in [0.3, 0.4) is 0 Å². The fourth-order valence-corrected chi connectivity index (χ4v) is 2.73. The number of phenols is 1. The predicted octanol–water partition coefficient (Wildman–Crippen LogP) is 4.30. The minimum absolute atomic E-state index is 0.00966. The summed E-state index contributed by atoms with van der Waals surface area (Å²) >= 11 is 6.01. The van der Waals surface area contributed by atoms with Gasteiger partial charge in [-0.15, -0.1) is 0 Å². The molecule has 3 aromatic rings. The van der Waals surface area contributed by atoms with Gasteiger partial charge in [0, 0.05) is 16.1 Å². The van der Waals surface area contributed by atoms with Gasteiger partial charge in [0.05, 0.1) is 0 Å². The lowest BCUT2D eigenvalue weighted by Gasteiger charge is -2.11. The van der Waals surface area contributed by atoms with Crippen molar-refractivity contribution in [1.82, 2.24) is 0 Å². The van der Waals surface area contributed by atoms with E-state index in [1.807, 2.05) is 12.1 Å². The summed E-state index contributed by atoms with van der Waals surface area (Å²) in [7, 11) is 0. The maximum absolute atomic E-state index is 12.2. The molecule has 0 saturated heterocycles. The number of fused-ring (bicyclic) bond motifs is 1. The van der Waals surface area contributed by atoms with E-state index in [4.69, 9.17) is 16.3 Å². The molecule has 0 aliphatic rings. The Morgan fingerprint density at radius 3 is 2.65 bits per heavy atom. The predicted molar refractivity (Wildman–Crippen MR) is 101 cm³/mol. The lowest BCUT2D eigenvalue weighted by Crippen LogP contribution is -2.21. The quantitative estimate of drug-likeness (QED) is 0.672. The van der Waals surface area contributed by atoms with Crippen LogP contribution in [0, 0.1) is 6.92 Å². The van der Waals surface area contributed by atoms with E-state index >= 15 is 0 Å². The zero-order valence-electron chi connectivity index (χ0n) is 14.0. The third-order valence-corrected chi connectivity index (χ3v) is 4.41. The summed E-state index contributed by atoms with van der Waals surface area (Å²) in [6, 6.07) is 15.4. The average molecular weight is 370 g/mol. The molecule has 0 unspecified atom stereocenters. The Kier molecular flexibility index (Phi) is 5.09. The molecule has 132 valence electrons. The number of anilines is 1. The molecule has 0 aliphatic heterocycles. The normalized spacial score (nSPS) is 10.5. The van der Waals surface area contributed by atoms with Crippen molar-refractivity contribution in [3.8, 4) is 5.75 Å². The van der Waals surface area contributed by atoms with Crippen molar-refractivity contribution in [3.05, 3.63) is 70.7 Å². The number of esters is 1. The first kappa shape index (κ1) is 17.8. The highest BCUT2D eigenvalue weighted by Gasteiger charge is 2.17. The Balaban J connectivity index is 1.68. The van der Waals surface area contributed by atoms with Gasteiger partial charge in [0.25, 0.3) is 5.91 Å². The van der Waals surface area contributed by atoms with Gasteiger partial charge in [-0.05, 0) is 36.1 Å². The van der Waals surface area contributed by atoms with Crippen molar-refractivity contribution in [1.29, 1.82) is 0 Å². The first-order valence-corrected chi connectivity index (χ1v) is 8.28. The number of ether oxygens (including phenoxy) is 1. The molecule has 0 heterocycles. The highest BCUT2D eigenvalue weighted by Crippen LogP contribution is 2.29. The summed E-state index contributed by atoms with van der Waals surface area (Å²) < 4.78 is 5.02. The third-order valence-electron chi connectivity index (χ3n) is 4.00. The zero-order chi connectivity index (χ0) is 18.7. The van der Waals surface area contributed by atoms with Gasteiger partial charge in [-0.25, -0.2) is 4.79 Å². The van der Waals surface area contributed by atoms with Crippen LogP contribution in [0.15, 0.2) is 54.6 Å². The maximum Gasteiger partial charge on any atom is 0.342 e. The molecule has 3 aromatic carbocycles. The molecule has 0 aliphatic carbocycles. The minimum Gasteiger partial charge on any atom is -0.506 e. The highest BCUT2D eigenvalue weighted by molar-refractivity contribution is 6.31. The molecule has 0 atom stereocenters. The van der Waals surface area contributed by atoms with E-state index in [1.54, 1.807) is 43.3 Å². The molecule has 2 N–H and O–H groups in total. The molecular weight excluding hydrogens is 354 g/mol. The minimum atomic E-state index is -0.772. The Bertz CT molecular complexity index is 1000. The zero-order valence-corrected chi connectivity index (χ0v) is 14.7. The number of aromatic hydroxyl groups is 1. The van der Waals surface area contributed by atoms with Crippen LogP contribution in [0.2, 0.25) is 5.02 Å². The van der Waals surface area contributed by atoms with Crippen LogP contribution in [0.4, 0.5) is 5.69 Å². The summed E-state index contributed by atoms with van der Waals surface area (Å²) in [6.45, 7) is 1.30. The van der Waals surface area contributed by atoms with E-state index in [-0.39, 0.29) is 11.3 Å². The lowest BCUT2D eigenvalue weighted by atomic mass is 10.1. The van der Waals surface area contributed by atoms with E-state index in [0.29, 0.717) is 16.1 Å². The molecule has 26 heavy (non-hydrogen) atoms. The number of rotatable bonds is 4. The van der Waals surface area contributed by atoms with E-state index in [1.165, 1.54) is 6.07 Å². The number of hydrogen-bond donors (Lipinski definition) is 2. The Hall–Kier alpha value is -3.05. The second-order valence-corrected chi connectivity index (χ2v) is 6.13. The number of benzene rings is 3. The van der Waals surface area contributed by atoms with Crippen molar-refractivity contribution >= 4 is 39.9 Å². The highest BCUT2D eigenvalue weighted by atomic mass is 35.5. The molecule has 6 heteroatoms. The van der Waals surface area contributed by atoms with Crippen molar-refractivity contribution < 1.29 is 19.4 Å². The maximum atomic E-state index is 12.2. The summed E-state index contributed by atoms with van der Waals surface area (Å²) in [6.07, 6.45) is 0. The van der Waals surface area contributed by atoms with Crippen molar-refractivity contribution in [3.63, 3.8) is 0 Å². The van der Waals surface area contributed by atoms with E-state index in [9.17, 15) is 14.7 Å². The van der Waals surface area contributed by atoms with Crippen LogP contribution >= 0.6 is 11.6 Å². The van der Waals surface area contributed by atoms with Gasteiger partial charge in [0.2, 0.25) is 0 Å². The SMILES string of the molecule is Cc1c(Cl)cccc1NC(=O)COC(=O)c1ccc2ccccc2c1O. The number of hydrogen-bond acceptors (Lipinski definition) is 4. The van der Waals surface area contributed by atoms with Gasteiger partial charge < -0.3 is 15.2 Å². The molecule has 5 nitrogen and oxygen atoms in total. The van der Waals surface area contributed by atoms with Crippen LogP contribution in [0.1, 0.15) is 15.9 Å². The molecule has 0 radical (unpaired) electrons. The molecule has 3 rings (SSSR count). The summed E-state index contributed by atoms with van der Waals surface area (Å²) in [5.74, 6) is -1.44. The first-order valence-electron chi connectivity index (χ1n) is 7.90. The summed E-state index contributed by atoms with van der Waals surface area (Å²) in [4.78, 5) is 24.2. The van der Waals surface area contributed by atoms with Crippen LogP contribution in [0.25, 0.3) is 10.8 Å². The van der Waals surface area contributed by atoms with Crippen molar-refractivity contribution in [2.24, 2.45) is 0 Å². The molecular formula is C20H16ClNO4. The molecule has 0 spiro atoms. The van der Waals surface area contributed by atoms with Gasteiger partial charge >= 0.3 is 5.97 Å². The molecule has 0 aromatic heterocycles. The number of halogens is 1. The van der Waals surface area contributed by atoms with E-state index in [0.717, 1.165) is 10.9 Å². The van der Waals surface area contributed by atoms with Gasteiger partial charge in [0.1, 0.15) is 11.3 Å². The topological polar surface area (TPSA) is 75.6 Å². The Morgan fingerprint density at radius 2 is 1.85 bits per heavy atom. The number of amides is 1. The smallest absolute Gasteiger partial charge is 0.342 e. The molecule has 0 bridgehead atoms. The number of phenolic OH excluding ortho intramolecular Hbond substituents is 1. The van der Waals surface area contributed by atoms with Crippen LogP contribution in [0.5, 0.6) is 5.75 Å². The van der Waals surface area contributed by atoms with Crippen LogP contribution in [-0.2, 0) is 9.53 Å². The average Bonchev–Trinajstić information content (AvgIpc) is 2.64. The van der Waals surface area contributed by atoms with Gasteiger partial charge in [-0.1, -0.05) is 48.0 Å². The molecule has 0 saturated carbocycles. The molecule has 1 amide bonds. The van der Waals surface area contributed by atoms with E-state index < -0.39 is 18.5 Å². The largest absolute Gasteiger partial charge is 0.506 e. The fourth-order valence-electron chi connectivity index (χ4n) is 2.56. The first-order chi connectivity index (χ1) is 12.5. The van der Waals surface area contributed by atoms with Crippen molar-refractivity contribution in [2.45, 2.75) is 6.92 Å². The summed E-state index contributed by atoms with van der Waals surface area (Å²) in [5, 5.41) is 14.8. The van der Waals surface area contributed by atoms with Crippen molar-refractivity contribution in [2.75, 3.05) is 11.9 Å². The van der Waals surface area contributed by atoms with Crippen LogP contribution in [-0.4, -0.2) is 23.6 Å². The third kappa shape index (κ3) is 3.63. The van der Waals surface area contributed by atoms with Gasteiger partial charge in [0.15, 0.2) is 6.61 Å². The van der Waals surface area contributed by atoms with Gasteiger partial charge in [-0.2, -0.15) is 0 Å². The second kappa shape index (κ2) is 7.45. The number of carbonyl (C=O) groups excluding carboxylic acids is 2. The second-order valence-electron chi connectivity index (χ2n) is 5.72. The van der Waals surface area contributed by atoms with Gasteiger partial charge in [-0.3, -0.25) is 4.79 Å². The van der Waals surface area contributed by atoms with Crippen LogP contribution < -0.4 is 5.32 Å². The molecule has 0 fully saturated rings. The standard InChI is InChI=1S/C20H16ClNO4/c1-12-16(21)7-4-8-17(12)22-18(23)11-26-20(25)15-10-9-13-5-2-3-6-14(13)19(15)24/h2-10,24H,11H2,1H3,(H,22,23). The fraction of sp³-hybridized carbons (Fsp3) is 0.100. The monoisotopic (exact) mass is 369 g/mol.